The molecule has 0 fully saturated rings. The Morgan fingerprint density at radius 1 is 1.67 bits per heavy atom. The largest absolute Gasteiger partial charge is 0.481 e. The predicted molar refractivity (Wildman–Crippen MR) is 56.5 cm³/mol. The molecule has 1 aromatic rings. The number of nitrogens with zero attached hydrogens (tertiary/aromatic N) is 3. The molecule has 0 saturated heterocycles. The number of carboxylic acids is 1. The molecule has 0 aliphatic carbocycles. The molecule has 0 radical (unpaired) electrons. The summed E-state index contributed by atoms with van der Waals surface area (Å²) in [6.07, 6.45) is 0.174. The van der Waals surface area contributed by atoms with Gasteiger partial charge in [0, 0.05) is 20.1 Å². The van der Waals surface area contributed by atoms with Gasteiger partial charge in [-0.3, -0.25) is 14.4 Å². The van der Waals surface area contributed by atoms with Gasteiger partial charge in [-0.15, -0.1) is 0 Å². The lowest BCUT2D eigenvalue weighted by Crippen LogP contribution is -2.22. The Morgan fingerprint density at radius 3 is 2.80 bits per heavy atom. The summed E-state index contributed by atoms with van der Waals surface area (Å²) in [5.74, 6) is -0.761. The van der Waals surface area contributed by atoms with Crippen molar-refractivity contribution in [3.8, 4) is 0 Å². The maximum atomic E-state index is 10.4. The highest BCUT2D eigenvalue weighted by Crippen LogP contribution is 2.05. The Morgan fingerprint density at radius 2 is 2.33 bits per heavy atom. The second-order valence-corrected chi connectivity index (χ2v) is 3.78. The van der Waals surface area contributed by atoms with Crippen LogP contribution in [0, 0.1) is 6.92 Å². The molecule has 84 valence electrons. The third-order valence-electron chi connectivity index (χ3n) is 2.24. The van der Waals surface area contributed by atoms with E-state index in [1.807, 2.05) is 36.7 Å². The summed E-state index contributed by atoms with van der Waals surface area (Å²) in [5.41, 5.74) is 2.08. The zero-order chi connectivity index (χ0) is 11.4. The molecule has 5 heteroatoms. The first-order chi connectivity index (χ1) is 6.99. The van der Waals surface area contributed by atoms with Crippen molar-refractivity contribution in [1.82, 2.24) is 14.7 Å². The molecule has 0 aliphatic heterocycles. The number of carboxylic acid groups (broad SMARTS) is 1. The van der Waals surface area contributed by atoms with Crippen molar-refractivity contribution in [3.05, 3.63) is 17.5 Å². The zero-order valence-electron chi connectivity index (χ0n) is 9.40. The van der Waals surface area contributed by atoms with Gasteiger partial charge in [-0.25, -0.2) is 0 Å². The van der Waals surface area contributed by atoms with Crippen molar-refractivity contribution in [2.45, 2.75) is 19.9 Å². The normalized spacial score (nSPS) is 10.9. The van der Waals surface area contributed by atoms with E-state index in [9.17, 15) is 4.79 Å². The summed E-state index contributed by atoms with van der Waals surface area (Å²) >= 11 is 0. The summed E-state index contributed by atoms with van der Waals surface area (Å²) in [6, 6.07) is 2.01. The molecule has 0 amide bonds. The van der Waals surface area contributed by atoms with Gasteiger partial charge in [0.2, 0.25) is 0 Å². The molecule has 5 nitrogen and oxygen atoms in total. The fraction of sp³-hybridized carbons (Fsp3) is 0.600. The minimum absolute atomic E-state index is 0.174. The number of aliphatic carboxylic acids is 1. The Balaban J connectivity index is 2.47. The van der Waals surface area contributed by atoms with Crippen molar-refractivity contribution in [3.63, 3.8) is 0 Å². The number of hydrogen-bond donors (Lipinski definition) is 1. The summed E-state index contributed by atoms with van der Waals surface area (Å²) in [4.78, 5) is 12.4. The molecule has 1 rings (SSSR count). The van der Waals surface area contributed by atoms with E-state index < -0.39 is 5.97 Å². The Labute approximate surface area is 89.3 Å². The third kappa shape index (κ3) is 3.71. The Kier molecular flexibility index (Phi) is 3.85. The van der Waals surface area contributed by atoms with Crippen molar-refractivity contribution >= 4 is 5.97 Å². The number of hydrogen-bond acceptors (Lipinski definition) is 3. The number of carbonyl (C=O) groups is 1. The Bertz CT molecular complexity index is 346. The molecule has 15 heavy (non-hydrogen) atoms. The second-order valence-electron chi connectivity index (χ2n) is 3.78. The minimum atomic E-state index is -0.761. The summed E-state index contributed by atoms with van der Waals surface area (Å²) < 4.78 is 1.83. The number of aryl methyl sites for hydroxylation is 2. The molecule has 0 unspecified atom stereocenters. The molecule has 0 spiro atoms. The smallest absolute Gasteiger partial charge is 0.304 e. The van der Waals surface area contributed by atoms with E-state index in [0.29, 0.717) is 6.54 Å². The first kappa shape index (κ1) is 11.7. The second kappa shape index (κ2) is 4.93. The van der Waals surface area contributed by atoms with Crippen LogP contribution in [-0.2, 0) is 18.4 Å². The van der Waals surface area contributed by atoms with Crippen molar-refractivity contribution in [1.29, 1.82) is 0 Å². The van der Waals surface area contributed by atoms with Crippen molar-refractivity contribution in [2.24, 2.45) is 7.05 Å². The maximum absolute atomic E-state index is 10.4. The third-order valence-corrected chi connectivity index (χ3v) is 2.24. The van der Waals surface area contributed by atoms with Gasteiger partial charge in [0.15, 0.2) is 0 Å². The van der Waals surface area contributed by atoms with E-state index in [1.54, 1.807) is 0 Å². The van der Waals surface area contributed by atoms with Crippen molar-refractivity contribution < 1.29 is 9.90 Å². The molecule has 1 aromatic heterocycles. The fourth-order valence-corrected chi connectivity index (χ4v) is 1.45. The van der Waals surface area contributed by atoms with E-state index in [4.69, 9.17) is 5.11 Å². The number of aromatic nitrogens is 2. The number of rotatable bonds is 5. The average molecular weight is 211 g/mol. The zero-order valence-corrected chi connectivity index (χ0v) is 9.40. The van der Waals surface area contributed by atoms with Crippen LogP contribution in [0.5, 0.6) is 0 Å². The van der Waals surface area contributed by atoms with Gasteiger partial charge in [0.1, 0.15) is 0 Å². The van der Waals surface area contributed by atoms with Crippen LogP contribution in [0.15, 0.2) is 6.07 Å². The van der Waals surface area contributed by atoms with Crippen molar-refractivity contribution in [2.75, 3.05) is 13.6 Å². The average Bonchev–Trinajstić information content (AvgIpc) is 2.42. The van der Waals surface area contributed by atoms with E-state index in [1.165, 1.54) is 0 Å². The minimum Gasteiger partial charge on any atom is -0.481 e. The highest BCUT2D eigenvalue weighted by molar-refractivity contribution is 5.66. The lowest BCUT2D eigenvalue weighted by molar-refractivity contribution is -0.137. The van der Waals surface area contributed by atoms with Gasteiger partial charge in [0.05, 0.1) is 17.8 Å². The lowest BCUT2D eigenvalue weighted by Gasteiger charge is -2.14. The fourth-order valence-electron chi connectivity index (χ4n) is 1.45. The van der Waals surface area contributed by atoms with Crippen LogP contribution >= 0.6 is 0 Å². The molecule has 0 saturated carbocycles. The molecular weight excluding hydrogens is 194 g/mol. The molecule has 0 aliphatic rings. The summed E-state index contributed by atoms with van der Waals surface area (Å²) in [6.45, 7) is 3.23. The van der Waals surface area contributed by atoms with Crippen LogP contribution in [0.3, 0.4) is 0 Å². The Hall–Kier alpha value is -1.36. The van der Waals surface area contributed by atoms with Gasteiger partial charge < -0.3 is 5.11 Å². The van der Waals surface area contributed by atoms with E-state index >= 15 is 0 Å². The quantitative estimate of drug-likeness (QED) is 0.776. The van der Waals surface area contributed by atoms with E-state index in [-0.39, 0.29) is 6.42 Å². The first-order valence-corrected chi connectivity index (χ1v) is 4.89. The van der Waals surface area contributed by atoms with Crippen LogP contribution in [-0.4, -0.2) is 39.3 Å². The molecule has 0 atom stereocenters. The highest BCUT2D eigenvalue weighted by atomic mass is 16.4. The molecule has 1 heterocycles. The van der Waals surface area contributed by atoms with Gasteiger partial charge in [-0.05, 0) is 20.0 Å². The predicted octanol–water partition coefficient (Wildman–Crippen LogP) is 0.635. The topological polar surface area (TPSA) is 58.4 Å². The van der Waals surface area contributed by atoms with Gasteiger partial charge in [-0.2, -0.15) is 5.10 Å². The molecule has 1 N–H and O–H groups in total. The first-order valence-electron chi connectivity index (χ1n) is 4.89. The lowest BCUT2D eigenvalue weighted by atomic mass is 10.3. The van der Waals surface area contributed by atoms with Crippen LogP contribution < -0.4 is 0 Å². The maximum Gasteiger partial charge on any atom is 0.304 e. The van der Waals surface area contributed by atoms with Gasteiger partial charge >= 0.3 is 5.97 Å². The summed E-state index contributed by atoms with van der Waals surface area (Å²) in [5, 5.41) is 12.8. The molecule has 0 bridgehead atoms. The molecule has 0 aromatic carbocycles. The van der Waals surface area contributed by atoms with E-state index in [0.717, 1.165) is 17.9 Å². The van der Waals surface area contributed by atoms with Gasteiger partial charge in [0.25, 0.3) is 0 Å². The molecular formula is C10H17N3O2. The van der Waals surface area contributed by atoms with Crippen LogP contribution in [0.2, 0.25) is 0 Å². The van der Waals surface area contributed by atoms with E-state index in [2.05, 4.69) is 5.10 Å². The monoisotopic (exact) mass is 211 g/mol. The van der Waals surface area contributed by atoms with Crippen LogP contribution in [0.25, 0.3) is 0 Å². The SMILES string of the molecule is Cc1cc(CN(C)CCC(=O)O)n(C)n1. The van der Waals surface area contributed by atoms with Gasteiger partial charge in [-0.1, -0.05) is 0 Å². The highest BCUT2D eigenvalue weighted by Gasteiger charge is 2.07. The van der Waals surface area contributed by atoms with Crippen LogP contribution in [0.1, 0.15) is 17.8 Å². The summed E-state index contributed by atoms with van der Waals surface area (Å²) in [7, 11) is 3.80. The standard InChI is InChI=1S/C10H17N3O2/c1-8-6-9(13(3)11-8)7-12(2)5-4-10(14)15/h6H,4-5,7H2,1-3H3,(H,14,15). The van der Waals surface area contributed by atoms with Crippen LogP contribution in [0.4, 0.5) is 0 Å².